The zero-order chi connectivity index (χ0) is 29.4. The Labute approximate surface area is 255 Å². The summed E-state index contributed by atoms with van der Waals surface area (Å²) in [5.74, 6) is 0.155. The second-order valence-electron chi connectivity index (χ2n) is 11.2. The third-order valence-corrected chi connectivity index (χ3v) is 8.85. The fourth-order valence-corrected chi connectivity index (χ4v) is 6.78. The normalized spacial score (nSPS) is 15.0. The number of nitrogens with zero attached hydrogens (tertiary/aromatic N) is 1. The minimum absolute atomic E-state index is 0.155. The topological polar surface area (TPSA) is 24.5 Å². The summed E-state index contributed by atoms with van der Waals surface area (Å²) < 4.78 is 32.4. The van der Waals surface area contributed by atoms with Crippen LogP contribution < -0.4 is 10.1 Å². The quantitative estimate of drug-likeness (QED) is 0.173. The van der Waals surface area contributed by atoms with Gasteiger partial charge in [0.05, 0.1) is 11.2 Å². The maximum atomic E-state index is 13.6. The standard InChI is InChI=1S/C37H31ClF2N2O/c38-33-22-25(31-17-10-18-34(41-30-19-20-30)35(31)43-36(39)40)21-26-23-42(24-32(26)33)37(27-11-4-1-5-12-27,28-13-6-2-7-14-28)29-15-8-3-9-16-29/h1-18,21-22,30,36,41H,19-20,23-24H2. The van der Waals surface area contributed by atoms with Crippen LogP contribution in [0.4, 0.5) is 14.5 Å². The number of para-hydroxylation sites is 1. The van der Waals surface area contributed by atoms with Gasteiger partial charge in [-0.3, -0.25) is 4.90 Å². The molecule has 6 heteroatoms. The molecule has 1 N–H and O–H groups in total. The highest BCUT2D eigenvalue weighted by molar-refractivity contribution is 6.31. The highest BCUT2D eigenvalue weighted by Crippen LogP contribution is 2.49. The Balaban J connectivity index is 1.36. The van der Waals surface area contributed by atoms with E-state index in [1.807, 2.05) is 36.4 Å². The summed E-state index contributed by atoms with van der Waals surface area (Å²) >= 11 is 7.04. The van der Waals surface area contributed by atoms with Crippen LogP contribution in [0.2, 0.25) is 5.02 Å². The molecule has 7 rings (SSSR count). The minimum atomic E-state index is -2.94. The van der Waals surface area contributed by atoms with Gasteiger partial charge in [-0.05, 0) is 64.4 Å². The van der Waals surface area contributed by atoms with Crippen molar-refractivity contribution in [3.63, 3.8) is 0 Å². The van der Waals surface area contributed by atoms with Crippen LogP contribution in [0.15, 0.2) is 121 Å². The third-order valence-electron chi connectivity index (χ3n) is 8.52. The molecule has 1 saturated carbocycles. The zero-order valence-electron chi connectivity index (χ0n) is 23.5. The summed E-state index contributed by atoms with van der Waals surface area (Å²) in [5, 5.41) is 3.96. The summed E-state index contributed by atoms with van der Waals surface area (Å²) in [4.78, 5) is 2.47. The first-order valence-electron chi connectivity index (χ1n) is 14.6. The second kappa shape index (κ2) is 11.5. The number of hydrogen-bond donors (Lipinski definition) is 1. The average molecular weight is 593 g/mol. The summed E-state index contributed by atoms with van der Waals surface area (Å²) in [6.45, 7) is -1.70. The van der Waals surface area contributed by atoms with Gasteiger partial charge >= 0.3 is 6.61 Å². The van der Waals surface area contributed by atoms with E-state index >= 15 is 0 Å². The smallest absolute Gasteiger partial charge is 0.387 e. The fraction of sp³-hybridized carbons (Fsp3) is 0.189. The Morgan fingerprint density at radius 3 is 1.86 bits per heavy atom. The highest BCUT2D eigenvalue weighted by Gasteiger charge is 2.44. The van der Waals surface area contributed by atoms with Gasteiger partial charge in [0.25, 0.3) is 0 Å². The molecule has 43 heavy (non-hydrogen) atoms. The van der Waals surface area contributed by atoms with Crippen molar-refractivity contribution in [2.24, 2.45) is 0 Å². The number of fused-ring (bicyclic) bond motifs is 1. The van der Waals surface area contributed by atoms with E-state index in [1.54, 1.807) is 6.07 Å². The number of rotatable bonds is 9. The van der Waals surface area contributed by atoms with Crippen LogP contribution in [-0.2, 0) is 18.6 Å². The van der Waals surface area contributed by atoms with Crippen LogP contribution in [0.1, 0.15) is 40.7 Å². The van der Waals surface area contributed by atoms with Crippen molar-refractivity contribution in [3.8, 4) is 16.9 Å². The van der Waals surface area contributed by atoms with Gasteiger partial charge in [0.1, 0.15) is 0 Å². The number of hydrogen-bond acceptors (Lipinski definition) is 3. The number of anilines is 1. The van der Waals surface area contributed by atoms with Crippen molar-refractivity contribution in [2.45, 2.75) is 44.1 Å². The number of benzene rings is 5. The molecular formula is C37H31ClF2N2O. The Morgan fingerprint density at radius 2 is 1.33 bits per heavy atom. The van der Waals surface area contributed by atoms with Gasteiger partial charge in [-0.15, -0.1) is 0 Å². The van der Waals surface area contributed by atoms with Gasteiger partial charge in [0, 0.05) is 29.7 Å². The van der Waals surface area contributed by atoms with Crippen molar-refractivity contribution in [3.05, 3.63) is 154 Å². The molecule has 5 aromatic carbocycles. The number of nitrogens with one attached hydrogen (secondary N) is 1. The average Bonchev–Trinajstić information content (AvgIpc) is 3.75. The summed E-state index contributed by atoms with van der Waals surface area (Å²) in [7, 11) is 0. The predicted molar refractivity (Wildman–Crippen MR) is 169 cm³/mol. The zero-order valence-corrected chi connectivity index (χ0v) is 24.3. The van der Waals surface area contributed by atoms with E-state index < -0.39 is 12.2 Å². The fourth-order valence-electron chi connectivity index (χ4n) is 6.48. The van der Waals surface area contributed by atoms with Gasteiger partial charge in [-0.1, -0.05) is 115 Å². The summed E-state index contributed by atoms with van der Waals surface area (Å²) in [6, 6.07) is 41.4. The van der Waals surface area contributed by atoms with Crippen LogP contribution in [0, 0.1) is 0 Å². The van der Waals surface area contributed by atoms with Crippen LogP contribution >= 0.6 is 11.6 Å². The predicted octanol–water partition coefficient (Wildman–Crippen LogP) is 9.49. The number of ether oxygens (including phenoxy) is 1. The summed E-state index contributed by atoms with van der Waals surface area (Å²) in [5.41, 5.74) is 6.91. The third kappa shape index (κ3) is 5.17. The van der Waals surface area contributed by atoms with Gasteiger partial charge in [-0.25, -0.2) is 0 Å². The monoisotopic (exact) mass is 592 g/mol. The molecule has 1 aliphatic heterocycles. The lowest BCUT2D eigenvalue weighted by Crippen LogP contribution is -2.45. The lowest BCUT2D eigenvalue weighted by molar-refractivity contribution is -0.0489. The molecule has 1 aliphatic carbocycles. The molecule has 1 fully saturated rings. The number of alkyl halides is 2. The molecule has 3 nitrogen and oxygen atoms in total. The van der Waals surface area contributed by atoms with Crippen molar-refractivity contribution in [1.29, 1.82) is 0 Å². The molecule has 216 valence electrons. The molecule has 0 amide bonds. The Hall–Kier alpha value is -4.19. The van der Waals surface area contributed by atoms with E-state index in [2.05, 4.69) is 89.1 Å². The van der Waals surface area contributed by atoms with Crippen LogP contribution in [0.3, 0.4) is 0 Å². The molecule has 0 radical (unpaired) electrons. The van der Waals surface area contributed by atoms with Crippen LogP contribution in [0.5, 0.6) is 5.75 Å². The maximum absolute atomic E-state index is 13.6. The number of halogens is 3. The maximum Gasteiger partial charge on any atom is 0.387 e. The Kier molecular flexibility index (Phi) is 7.38. The van der Waals surface area contributed by atoms with E-state index in [0.29, 0.717) is 29.4 Å². The molecule has 0 bridgehead atoms. The van der Waals surface area contributed by atoms with Crippen molar-refractivity contribution in [2.75, 3.05) is 5.32 Å². The molecule has 0 saturated heterocycles. The first kappa shape index (κ1) is 27.6. The van der Waals surface area contributed by atoms with Crippen molar-refractivity contribution >= 4 is 17.3 Å². The highest BCUT2D eigenvalue weighted by atomic mass is 35.5. The SMILES string of the molecule is FC(F)Oc1c(NC2CC2)cccc1-c1cc(Cl)c2c(c1)CN(C(c1ccccc1)(c1ccccc1)c1ccccc1)C2. The first-order valence-corrected chi connectivity index (χ1v) is 15.0. The molecule has 0 unspecified atom stereocenters. The molecule has 0 spiro atoms. The molecule has 2 aliphatic rings. The van der Waals surface area contributed by atoms with Gasteiger partial charge in [-0.2, -0.15) is 8.78 Å². The summed E-state index contributed by atoms with van der Waals surface area (Å²) in [6.07, 6.45) is 2.04. The molecular weight excluding hydrogens is 562 g/mol. The van der Waals surface area contributed by atoms with E-state index in [9.17, 15) is 8.78 Å². The van der Waals surface area contributed by atoms with Crippen molar-refractivity contribution in [1.82, 2.24) is 4.90 Å². The molecule has 5 aromatic rings. The molecule has 0 aromatic heterocycles. The second-order valence-corrected chi connectivity index (χ2v) is 11.6. The van der Waals surface area contributed by atoms with Gasteiger partial charge in [0.15, 0.2) is 5.75 Å². The largest absolute Gasteiger partial charge is 0.432 e. The van der Waals surface area contributed by atoms with E-state index in [0.717, 1.165) is 46.2 Å². The van der Waals surface area contributed by atoms with Crippen LogP contribution in [-0.4, -0.2) is 17.6 Å². The Bertz CT molecular complexity index is 1630. The lowest BCUT2D eigenvalue weighted by atomic mass is 9.75. The van der Waals surface area contributed by atoms with E-state index in [1.165, 1.54) is 0 Å². The van der Waals surface area contributed by atoms with Crippen molar-refractivity contribution < 1.29 is 13.5 Å². The van der Waals surface area contributed by atoms with Gasteiger partial charge < -0.3 is 10.1 Å². The van der Waals surface area contributed by atoms with Crippen LogP contribution in [0.25, 0.3) is 11.1 Å². The minimum Gasteiger partial charge on any atom is -0.432 e. The first-order chi connectivity index (χ1) is 21.0. The molecule has 1 heterocycles. The molecule has 0 atom stereocenters. The van der Waals surface area contributed by atoms with Gasteiger partial charge in [0.2, 0.25) is 0 Å². The van der Waals surface area contributed by atoms with E-state index in [4.69, 9.17) is 16.3 Å². The van der Waals surface area contributed by atoms with E-state index in [-0.39, 0.29) is 11.8 Å². The Morgan fingerprint density at radius 1 is 0.744 bits per heavy atom. The lowest BCUT2D eigenvalue weighted by Gasteiger charge is -2.43.